The molecule has 1 aromatic heterocycles. The molecule has 0 unspecified atom stereocenters. The molecule has 0 atom stereocenters. The summed E-state index contributed by atoms with van der Waals surface area (Å²) in [5.41, 5.74) is 1.77. The molecule has 0 fully saturated rings. The summed E-state index contributed by atoms with van der Waals surface area (Å²) in [6.45, 7) is 3.10. The number of aryl methyl sites for hydroxylation is 1. The van der Waals surface area contributed by atoms with Gasteiger partial charge in [-0.2, -0.15) is 0 Å². The molecule has 0 aliphatic rings. The van der Waals surface area contributed by atoms with E-state index >= 15 is 0 Å². The Labute approximate surface area is 175 Å². The van der Waals surface area contributed by atoms with Crippen LogP contribution in [0, 0.1) is 6.92 Å². The van der Waals surface area contributed by atoms with Crippen molar-refractivity contribution in [2.45, 2.75) is 18.2 Å². The highest BCUT2D eigenvalue weighted by Gasteiger charge is 2.26. The number of anilines is 1. The van der Waals surface area contributed by atoms with Gasteiger partial charge in [-0.05, 0) is 58.3 Å². The van der Waals surface area contributed by atoms with Crippen molar-refractivity contribution in [3.63, 3.8) is 0 Å². The lowest BCUT2D eigenvalue weighted by molar-refractivity contribution is -0.116. The van der Waals surface area contributed by atoms with Crippen LogP contribution in [0.5, 0.6) is 0 Å². The van der Waals surface area contributed by atoms with Gasteiger partial charge in [-0.15, -0.1) is 0 Å². The molecule has 1 amide bonds. The number of hydrogen-bond acceptors (Lipinski definition) is 6. The smallest absolute Gasteiger partial charge is 0.244 e. The minimum absolute atomic E-state index is 0.161. The van der Waals surface area contributed by atoms with Crippen LogP contribution in [0.15, 0.2) is 53.4 Å². The van der Waals surface area contributed by atoms with Crippen molar-refractivity contribution in [1.82, 2.24) is 9.88 Å². The molecule has 0 aliphatic heterocycles. The molecule has 0 radical (unpaired) electrons. The van der Waals surface area contributed by atoms with E-state index in [1.165, 1.54) is 16.2 Å². The van der Waals surface area contributed by atoms with E-state index in [0.29, 0.717) is 11.7 Å². The van der Waals surface area contributed by atoms with Gasteiger partial charge in [-0.1, -0.05) is 41.2 Å². The molecule has 3 rings (SSSR count). The Morgan fingerprint density at radius 1 is 1.03 bits per heavy atom. The van der Waals surface area contributed by atoms with Crippen LogP contribution in [0.4, 0.5) is 5.13 Å². The second-order valence-electron chi connectivity index (χ2n) is 7.24. The summed E-state index contributed by atoms with van der Waals surface area (Å²) >= 11 is 1.40. The molecular formula is C21H25N3O3S2. The van der Waals surface area contributed by atoms with Gasteiger partial charge in [0.05, 0.1) is 15.1 Å². The lowest BCUT2D eigenvalue weighted by Crippen LogP contribution is -2.37. The van der Waals surface area contributed by atoms with Gasteiger partial charge in [0.1, 0.15) is 5.75 Å². The van der Waals surface area contributed by atoms with Crippen LogP contribution in [-0.2, 0) is 14.6 Å². The number of amides is 1. The van der Waals surface area contributed by atoms with E-state index < -0.39 is 21.5 Å². The van der Waals surface area contributed by atoms with Gasteiger partial charge in [0.25, 0.3) is 0 Å². The van der Waals surface area contributed by atoms with Crippen molar-refractivity contribution in [3.05, 3.63) is 54.1 Å². The Kier molecular flexibility index (Phi) is 6.66. The highest BCUT2D eigenvalue weighted by Crippen LogP contribution is 2.29. The quantitative estimate of drug-likeness (QED) is 0.547. The molecule has 0 bridgehead atoms. The number of aromatic nitrogens is 1. The zero-order valence-electron chi connectivity index (χ0n) is 16.8. The van der Waals surface area contributed by atoms with Gasteiger partial charge in [0.2, 0.25) is 5.91 Å². The van der Waals surface area contributed by atoms with E-state index in [1.807, 2.05) is 50.2 Å². The van der Waals surface area contributed by atoms with E-state index in [1.54, 1.807) is 24.3 Å². The molecule has 154 valence electrons. The molecule has 2 aromatic carbocycles. The predicted molar refractivity (Wildman–Crippen MR) is 118 cm³/mol. The van der Waals surface area contributed by atoms with E-state index in [9.17, 15) is 13.2 Å². The highest BCUT2D eigenvalue weighted by atomic mass is 32.2. The summed E-state index contributed by atoms with van der Waals surface area (Å²) in [5.74, 6) is -1.03. The molecule has 0 saturated carbocycles. The number of hydrogen-bond donors (Lipinski definition) is 0. The van der Waals surface area contributed by atoms with Crippen molar-refractivity contribution >= 4 is 42.4 Å². The molecule has 8 heteroatoms. The van der Waals surface area contributed by atoms with Crippen LogP contribution >= 0.6 is 11.3 Å². The molecule has 1 heterocycles. The molecule has 0 aliphatic carbocycles. The van der Waals surface area contributed by atoms with E-state index in [2.05, 4.69) is 4.98 Å². The monoisotopic (exact) mass is 431 g/mol. The zero-order valence-corrected chi connectivity index (χ0v) is 18.5. The third kappa shape index (κ3) is 5.41. The lowest BCUT2D eigenvalue weighted by atomic mass is 10.2. The van der Waals surface area contributed by atoms with Gasteiger partial charge in [0, 0.05) is 6.54 Å². The molecule has 6 nitrogen and oxygen atoms in total. The first kappa shape index (κ1) is 21.4. The number of carbonyl (C=O) groups is 1. The normalized spacial score (nSPS) is 11.9. The maximum absolute atomic E-state index is 13.1. The fraction of sp³-hybridized carbons (Fsp3) is 0.333. The fourth-order valence-electron chi connectivity index (χ4n) is 2.92. The van der Waals surface area contributed by atoms with E-state index in [4.69, 9.17) is 0 Å². The SMILES string of the molecule is Cc1ccc(S(=O)(=O)CC(=O)N(CCCN(C)C)c2nc3ccccc3s2)cc1. The maximum atomic E-state index is 13.1. The Morgan fingerprint density at radius 2 is 1.72 bits per heavy atom. The minimum Gasteiger partial charge on any atom is -0.309 e. The predicted octanol–water partition coefficient (Wildman–Crippen LogP) is 3.36. The topological polar surface area (TPSA) is 70.6 Å². The number of rotatable bonds is 8. The number of benzene rings is 2. The standard InChI is InChI=1S/C21H25N3O3S2/c1-16-9-11-17(12-10-16)29(26,27)15-20(25)24(14-6-13-23(2)3)21-22-18-7-4-5-8-19(18)28-21/h4-5,7-12H,6,13-15H2,1-3H3. The molecule has 29 heavy (non-hydrogen) atoms. The van der Waals surface area contributed by atoms with Gasteiger partial charge < -0.3 is 4.90 Å². The summed E-state index contributed by atoms with van der Waals surface area (Å²) in [6.07, 6.45) is 0.721. The van der Waals surface area contributed by atoms with E-state index in [-0.39, 0.29) is 4.90 Å². The van der Waals surface area contributed by atoms with Gasteiger partial charge in [-0.25, -0.2) is 13.4 Å². The van der Waals surface area contributed by atoms with Crippen molar-refractivity contribution in [1.29, 1.82) is 0 Å². The summed E-state index contributed by atoms with van der Waals surface area (Å²) in [4.78, 5) is 21.3. The molecule has 0 saturated heterocycles. The number of fused-ring (bicyclic) bond motifs is 1. The maximum Gasteiger partial charge on any atom is 0.244 e. The van der Waals surface area contributed by atoms with Crippen LogP contribution in [0.1, 0.15) is 12.0 Å². The number of nitrogens with zero attached hydrogens (tertiary/aromatic N) is 3. The molecule has 0 N–H and O–H groups in total. The first-order valence-corrected chi connectivity index (χ1v) is 11.8. The number of carbonyl (C=O) groups excluding carboxylic acids is 1. The molecule has 3 aromatic rings. The van der Waals surface area contributed by atoms with Crippen molar-refractivity contribution in [3.8, 4) is 0 Å². The lowest BCUT2D eigenvalue weighted by Gasteiger charge is -2.21. The van der Waals surface area contributed by atoms with Crippen molar-refractivity contribution < 1.29 is 13.2 Å². The Hall–Kier alpha value is -2.29. The zero-order chi connectivity index (χ0) is 21.0. The summed E-state index contributed by atoms with van der Waals surface area (Å²) < 4.78 is 26.5. The Morgan fingerprint density at radius 3 is 2.38 bits per heavy atom. The summed E-state index contributed by atoms with van der Waals surface area (Å²) in [6, 6.07) is 14.2. The first-order valence-electron chi connectivity index (χ1n) is 9.36. The van der Waals surface area contributed by atoms with E-state index in [0.717, 1.165) is 28.7 Å². The van der Waals surface area contributed by atoms with Gasteiger partial charge in [0.15, 0.2) is 15.0 Å². The largest absolute Gasteiger partial charge is 0.309 e. The third-order valence-corrected chi connectivity index (χ3v) is 7.17. The second kappa shape index (κ2) is 9.02. The molecule has 0 spiro atoms. The number of thiazole rings is 1. The first-order chi connectivity index (χ1) is 13.8. The van der Waals surface area contributed by atoms with Gasteiger partial charge >= 0.3 is 0 Å². The average Bonchev–Trinajstić information content (AvgIpc) is 3.08. The van der Waals surface area contributed by atoms with Gasteiger partial charge in [-0.3, -0.25) is 9.69 Å². The third-order valence-electron chi connectivity index (χ3n) is 4.50. The number of para-hydroxylation sites is 1. The summed E-state index contributed by atoms with van der Waals surface area (Å²) in [5, 5.41) is 0.536. The second-order valence-corrected chi connectivity index (χ2v) is 10.2. The van der Waals surface area contributed by atoms with Crippen LogP contribution in [-0.4, -0.2) is 57.1 Å². The Balaban J connectivity index is 1.86. The van der Waals surface area contributed by atoms with Crippen LogP contribution in [0.25, 0.3) is 10.2 Å². The van der Waals surface area contributed by atoms with Crippen molar-refractivity contribution in [2.75, 3.05) is 37.8 Å². The highest BCUT2D eigenvalue weighted by molar-refractivity contribution is 7.92. The van der Waals surface area contributed by atoms with Crippen LogP contribution in [0.3, 0.4) is 0 Å². The Bertz CT molecular complexity index is 1060. The number of sulfone groups is 1. The molecular weight excluding hydrogens is 406 g/mol. The summed E-state index contributed by atoms with van der Waals surface area (Å²) in [7, 11) is 0.202. The minimum atomic E-state index is -3.73. The van der Waals surface area contributed by atoms with Crippen LogP contribution < -0.4 is 4.90 Å². The van der Waals surface area contributed by atoms with Crippen LogP contribution in [0.2, 0.25) is 0 Å². The average molecular weight is 432 g/mol. The fourth-order valence-corrected chi connectivity index (χ4v) is 5.12. The van der Waals surface area contributed by atoms with Crippen molar-refractivity contribution in [2.24, 2.45) is 0 Å².